The Balaban J connectivity index is 2.03. The number of phenolic OH excluding ortho intramolecular Hbond substituents is 1. The number of rotatable bonds is 4. The summed E-state index contributed by atoms with van der Waals surface area (Å²) < 4.78 is 12.9. The lowest BCUT2D eigenvalue weighted by Crippen LogP contribution is -2.18. The molecule has 0 amide bonds. The lowest BCUT2D eigenvalue weighted by atomic mass is 10.1. The summed E-state index contributed by atoms with van der Waals surface area (Å²) in [5, 5.41) is 13.0. The molecule has 0 aliphatic heterocycles. The fourth-order valence-electron chi connectivity index (χ4n) is 1.73. The van der Waals surface area contributed by atoms with E-state index in [4.69, 9.17) is 0 Å². The molecule has 2 aromatic rings. The summed E-state index contributed by atoms with van der Waals surface area (Å²) in [5.41, 5.74) is 3.52. The molecule has 0 spiro atoms. The van der Waals surface area contributed by atoms with Gasteiger partial charge in [0.2, 0.25) is 0 Å². The highest BCUT2D eigenvalue weighted by molar-refractivity contribution is 7.09. The highest BCUT2D eigenvalue weighted by Gasteiger charge is 2.11. The van der Waals surface area contributed by atoms with E-state index in [1.54, 1.807) is 17.4 Å². The van der Waals surface area contributed by atoms with Gasteiger partial charge in [-0.15, -0.1) is 11.3 Å². The molecule has 0 bridgehead atoms. The molecule has 1 unspecified atom stereocenters. The second kappa shape index (κ2) is 5.46. The monoisotopic (exact) mass is 266 g/mol. The van der Waals surface area contributed by atoms with Crippen LogP contribution >= 0.6 is 11.3 Å². The minimum Gasteiger partial charge on any atom is -0.508 e. The average molecular weight is 266 g/mol. The van der Waals surface area contributed by atoms with Crippen molar-refractivity contribution in [2.45, 2.75) is 26.4 Å². The lowest BCUT2D eigenvalue weighted by molar-refractivity contribution is 0.447. The van der Waals surface area contributed by atoms with Gasteiger partial charge in [0, 0.05) is 29.1 Å². The number of benzene rings is 1. The number of aryl methyl sites for hydroxylation is 1. The molecule has 1 aromatic heterocycles. The lowest BCUT2D eigenvalue weighted by Gasteiger charge is -2.15. The van der Waals surface area contributed by atoms with Gasteiger partial charge in [-0.1, -0.05) is 6.07 Å². The van der Waals surface area contributed by atoms with Crippen LogP contribution < -0.4 is 5.32 Å². The molecule has 0 aliphatic rings. The van der Waals surface area contributed by atoms with Gasteiger partial charge in [0.1, 0.15) is 11.6 Å². The molecule has 0 saturated heterocycles. The number of nitrogens with zero attached hydrogens (tertiary/aromatic N) is 1. The van der Waals surface area contributed by atoms with Crippen LogP contribution in [0.2, 0.25) is 0 Å². The second-order valence-electron chi connectivity index (χ2n) is 4.17. The summed E-state index contributed by atoms with van der Waals surface area (Å²) in [4.78, 5) is 5.35. The van der Waals surface area contributed by atoms with E-state index in [0.717, 1.165) is 11.8 Å². The number of hydrogen-bond donors (Lipinski definition) is 2. The van der Waals surface area contributed by atoms with Crippen LogP contribution in [0.4, 0.5) is 4.39 Å². The third kappa shape index (κ3) is 2.86. The van der Waals surface area contributed by atoms with E-state index in [9.17, 15) is 9.50 Å². The van der Waals surface area contributed by atoms with Gasteiger partial charge in [-0.3, -0.25) is 0 Å². The van der Waals surface area contributed by atoms with Crippen LogP contribution in [0.3, 0.4) is 0 Å². The van der Waals surface area contributed by atoms with Gasteiger partial charge >= 0.3 is 0 Å². The first-order valence-corrected chi connectivity index (χ1v) is 6.56. The maximum atomic E-state index is 12.9. The second-order valence-corrected chi connectivity index (χ2v) is 5.11. The number of nitrogens with one attached hydrogen (secondary N) is 1. The van der Waals surface area contributed by atoms with E-state index in [2.05, 4.69) is 10.3 Å². The van der Waals surface area contributed by atoms with Gasteiger partial charge in [-0.25, -0.2) is 9.37 Å². The zero-order chi connectivity index (χ0) is 13.1. The molecule has 1 aromatic carbocycles. The van der Waals surface area contributed by atoms with Crippen molar-refractivity contribution in [1.29, 1.82) is 0 Å². The first-order valence-electron chi connectivity index (χ1n) is 5.68. The molecule has 2 N–H and O–H groups in total. The smallest absolute Gasteiger partial charge is 0.126 e. The van der Waals surface area contributed by atoms with Crippen LogP contribution in [0.5, 0.6) is 5.75 Å². The highest BCUT2D eigenvalue weighted by atomic mass is 32.1. The zero-order valence-corrected chi connectivity index (χ0v) is 11.1. The fourth-order valence-corrected chi connectivity index (χ4v) is 2.46. The van der Waals surface area contributed by atoms with Gasteiger partial charge < -0.3 is 10.4 Å². The maximum absolute atomic E-state index is 12.9. The number of aromatic nitrogens is 1. The average Bonchev–Trinajstić information content (AvgIpc) is 2.72. The normalized spacial score (nSPS) is 12.6. The van der Waals surface area contributed by atoms with Crippen LogP contribution in [-0.2, 0) is 6.54 Å². The number of thiazole rings is 1. The molecular formula is C13H15FN2OS. The molecule has 2 rings (SSSR count). The van der Waals surface area contributed by atoms with E-state index < -0.39 is 5.82 Å². The van der Waals surface area contributed by atoms with E-state index in [-0.39, 0.29) is 11.8 Å². The molecule has 0 fully saturated rings. The van der Waals surface area contributed by atoms with Crippen molar-refractivity contribution >= 4 is 11.3 Å². The van der Waals surface area contributed by atoms with Crippen molar-refractivity contribution in [3.63, 3.8) is 0 Å². The Bertz CT molecular complexity index is 542. The Morgan fingerprint density at radius 2 is 2.28 bits per heavy atom. The van der Waals surface area contributed by atoms with Gasteiger partial charge in [0.15, 0.2) is 0 Å². The van der Waals surface area contributed by atoms with Gasteiger partial charge in [-0.2, -0.15) is 0 Å². The van der Waals surface area contributed by atoms with Gasteiger partial charge in [0.25, 0.3) is 0 Å². The summed E-state index contributed by atoms with van der Waals surface area (Å²) in [6.45, 7) is 4.59. The molecule has 0 saturated carbocycles. The summed E-state index contributed by atoms with van der Waals surface area (Å²) in [6.07, 6.45) is 0. The van der Waals surface area contributed by atoms with Crippen LogP contribution in [0.15, 0.2) is 23.7 Å². The molecule has 5 heteroatoms. The number of hydrogen-bond acceptors (Lipinski definition) is 4. The third-order valence-corrected chi connectivity index (χ3v) is 3.81. The molecule has 0 radical (unpaired) electrons. The topological polar surface area (TPSA) is 45.2 Å². The van der Waals surface area contributed by atoms with Crippen molar-refractivity contribution in [1.82, 2.24) is 10.3 Å². The standard InChI is InChI=1S/C13H15FN2OS/c1-8(11-4-3-10(14)5-12(11)17)15-6-13-9(2)16-7-18-13/h3-5,7-8,15,17H,6H2,1-2H3. The van der Waals surface area contributed by atoms with E-state index in [0.29, 0.717) is 12.1 Å². The van der Waals surface area contributed by atoms with Crippen molar-refractivity contribution in [3.05, 3.63) is 45.7 Å². The molecule has 96 valence electrons. The number of halogens is 1. The van der Waals surface area contributed by atoms with Crippen LogP contribution in [0.1, 0.15) is 29.1 Å². The van der Waals surface area contributed by atoms with Crippen LogP contribution in [0.25, 0.3) is 0 Å². The molecule has 1 heterocycles. The summed E-state index contributed by atoms with van der Waals surface area (Å²) in [7, 11) is 0. The number of aromatic hydroxyl groups is 1. The SMILES string of the molecule is Cc1ncsc1CNC(C)c1ccc(F)cc1O. The molecular weight excluding hydrogens is 251 g/mol. The van der Waals surface area contributed by atoms with Gasteiger partial charge in [0.05, 0.1) is 11.2 Å². The van der Waals surface area contributed by atoms with Crippen LogP contribution in [-0.4, -0.2) is 10.1 Å². The summed E-state index contributed by atoms with van der Waals surface area (Å²) in [6, 6.07) is 4.03. The predicted octanol–water partition coefficient (Wildman–Crippen LogP) is 3.15. The Labute approximate surface area is 109 Å². The van der Waals surface area contributed by atoms with Crippen molar-refractivity contribution in [3.8, 4) is 5.75 Å². The zero-order valence-electron chi connectivity index (χ0n) is 10.3. The molecule has 1 atom stereocenters. The quantitative estimate of drug-likeness (QED) is 0.893. The predicted molar refractivity (Wildman–Crippen MR) is 70.2 cm³/mol. The van der Waals surface area contributed by atoms with E-state index >= 15 is 0 Å². The number of phenols is 1. The largest absolute Gasteiger partial charge is 0.508 e. The third-order valence-electron chi connectivity index (χ3n) is 2.87. The minimum atomic E-state index is -0.429. The van der Waals surface area contributed by atoms with E-state index in [1.165, 1.54) is 10.9 Å². The Morgan fingerprint density at radius 1 is 1.50 bits per heavy atom. The molecule has 18 heavy (non-hydrogen) atoms. The maximum Gasteiger partial charge on any atom is 0.126 e. The van der Waals surface area contributed by atoms with E-state index in [1.807, 2.05) is 19.4 Å². The summed E-state index contributed by atoms with van der Waals surface area (Å²) >= 11 is 1.60. The molecule has 3 nitrogen and oxygen atoms in total. The fraction of sp³-hybridized carbons (Fsp3) is 0.308. The highest BCUT2D eigenvalue weighted by Crippen LogP contribution is 2.25. The minimum absolute atomic E-state index is 0.0176. The first-order chi connectivity index (χ1) is 8.58. The summed E-state index contributed by atoms with van der Waals surface area (Å²) in [5.74, 6) is -0.447. The Kier molecular flexibility index (Phi) is 3.93. The van der Waals surface area contributed by atoms with Crippen molar-refractivity contribution < 1.29 is 9.50 Å². The Hall–Kier alpha value is -1.46. The molecule has 0 aliphatic carbocycles. The van der Waals surface area contributed by atoms with Crippen LogP contribution in [0, 0.1) is 12.7 Å². The first kappa shape index (κ1) is 13.0. The van der Waals surface area contributed by atoms with Crippen molar-refractivity contribution in [2.75, 3.05) is 0 Å². The Morgan fingerprint density at radius 3 is 2.89 bits per heavy atom. The van der Waals surface area contributed by atoms with Crippen molar-refractivity contribution in [2.24, 2.45) is 0 Å². The van der Waals surface area contributed by atoms with Gasteiger partial charge in [-0.05, 0) is 19.9 Å².